The van der Waals surface area contributed by atoms with E-state index < -0.39 is 29.1 Å². The van der Waals surface area contributed by atoms with Gasteiger partial charge in [-0.25, -0.2) is 0 Å². The number of fused-ring (bicyclic) bond motifs is 2. The zero-order chi connectivity index (χ0) is 21.3. The lowest BCUT2D eigenvalue weighted by Crippen LogP contribution is -2.23. The molecule has 0 saturated heterocycles. The molecule has 2 aromatic rings. The van der Waals surface area contributed by atoms with Crippen LogP contribution in [0.5, 0.6) is 11.5 Å². The van der Waals surface area contributed by atoms with Crippen LogP contribution in [0.25, 0.3) is 0 Å². The monoisotopic (exact) mass is 396 g/mol. The maximum absolute atomic E-state index is 13.0. The van der Waals surface area contributed by atoms with Crippen LogP contribution in [0.1, 0.15) is 74.0 Å². The molecule has 2 aromatic carbocycles. The summed E-state index contributed by atoms with van der Waals surface area (Å²) < 4.78 is 4.66. The van der Waals surface area contributed by atoms with Gasteiger partial charge in [-0.1, -0.05) is 25.5 Å². The zero-order valence-electron chi connectivity index (χ0n) is 16.1. The molecule has 2 N–H and O–H groups in total. The molecule has 150 valence electrons. The lowest BCUT2D eigenvalue weighted by molar-refractivity contribution is -0.139. The van der Waals surface area contributed by atoms with E-state index in [0.717, 1.165) is 6.42 Å². The second kappa shape index (κ2) is 7.87. The number of hydrogen-bond acceptors (Lipinski definition) is 7. The second-order valence-corrected chi connectivity index (χ2v) is 6.82. The standard InChI is InChI=1S/C22H20O7/c1-3-4-7-14(23)17-11(10-16(25)29-2)9-13-19(21(17)27)22(28)18-12(20(13)26)6-5-8-15(18)24/h5-6,8-9,24,27H,3-4,7,10H2,1-2H3. The number of ether oxygens (including phenoxy) is 1. The minimum Gasteiger partial charge on any atom is -0.507 e. The quantitative estimate of drug-likeness (QED) is 0.486. The molecule has 0 radical (unpaired) electrons. The van der Waals surface area contributed by atoms with Gasteiger partial charge in [0.1, 0.15) is 11.5 Å². The number of rotatable bonds is 6. The highest BCUT2D eigenvalue weighted by Crippen LogP contribution is 2.40. The summed E-state index contributed by atoms with van der Waals surface area (Å²) in [5.41, 5.74) is -0.709. The fourth-order valence-electron chi connectivity index (χ4n) is 3.51. The Labute approximate surface area is 166 Å². The van der Waals surface area contributed by atoms with Gasteiger partial charge in [0, 0.05) is 17.5 Å². The van der Waals surface area contributed by atoms with Crippen LogP contribution in [0.2, 0.25) is 0 Å². The first-order valence-corrected chi connectivity index (χ1v) is 9.22. The minimum atomic E-state index is -0.751. The number of phenols is 2. The zero-order valence-corrected chi connectivity index (χ0v) is 16.1. The number of benzene rings is 2. The average molecular weight is 396 g/mol. The van der Waals surface area contributed by atoms with Gasteiger partial charge in [-0.05, 0) is 24.1 Å². The molecule has 0 atom stereocenters. The van der Waals surface area contributed by atoms with Gasteiger partial charge in [0.05, 0.1) is 30.2 Å². The number of methoxy groups -OCH3 is 1. The molecule has 0 aromatic heterocycles. The van der Waals surface area contributed by atoms with Gasteiger partial charge in [-0.15, -0.1) is 0 Å². The van der Waals surface area contributed by atoms with E-state index in [1.165, 1.54) is 31.4 Å². The molecule has 1 aliphatic carbocycles. The van der Waals surface area contributed by atoms with Crippen LogP contribution in [0.15, 0.2) is 24.3 Å². The van der Waals surface area contributed by atoms with Crippen molar-refractivity contribution < 1.29 is 34.1 Å². The van der Waals surface area contributed by atoms with Crippen LogP contribution in [0, 0.1) is 0 Å². The molecule has 1 aliphatic rings. The van der Waals surface area contributed by atoms with E-state index in [2.05, 4.69) is 4.74 Å². The van der Waals surface area contributed by atoms with Crippen LogP contribution < -0.4 is 0 Å². The minimum absolute atomic E-state index is 0.00372. The lowest BCUT2D eigenvalue weighted by Gasteiger charge is -2.22. The van der Waals surface area contributed by atoms with Crippen LogP contribution in [-0.2, 0) is 16.0 Å². The Balaban J connectivity index is 2.26. The topological polar surface area (TPSA) is 118 Å². The first kappa shape index (κ1) is 20.3. The molecule has 0 aliphatic heterocycles. The Morgan fingerprint density at radius 2 is 1.76 bits per heavy atom. The molecule has 0 bridgehead atoms. The van der Waals surface area contributed by atoms with Gasteiger partial charge in [0.2, 0.25) is 5.78 Å². The molecule has 0 fully saturated rings. The lowest BCUT2D eigenvalue weighted by atomic mass is 9.79. The molecule has 7 heteroatoms. The van der Waals surface area contributed by atoms with Crippen LogP contribution >= 0.6 is 0 Å². The van der Waals surface area contributed by atoms with Crippen LogP contribution in [0.4, 0.5) is 0 Å². The van der Waals surface area contributed by atoms with Gasteiger partial charge < -0.3 is 14.9 Å². The number of Topliss-reactive ketones (excluding diaryl/α,β-unsaturated/α-hetero) is 1. The molecule has 29 heavy (non-hydrogen) atoms. The van der Waals surface area contributed by atoms with Crippen molar-refractivity contribution >= 4 is 23.3 Å². The van der Waals surface area contributed by atoms with E-state index in [-0.39, 0.29) is 52.0 Å². The highest BCUT2D eigenvalue weighted by molar-refractivity contribution is 6.31. The Kier molecular flexibility index (Phi) is 5.50. The molecule has 0 unspecified atom stereocenters. The predicted molar refractivity (Wildman–Crippen MR) is 103 cm³/mol. The van der Waals surface area contributed by atoms with Gasteiger partial charge >= 0.3 is 5.97 Å². The molecule has 7 nitrogen and oxygen atoms in total. The molecule has 0 saturated carbocycles. The van der Waals surface area contributed by atoms with Crippen molar-refractivity contribution in [2.45, 2.75) is 32.6 Å². The first-order valence-electron chi connectivity index (χ1n) is 9.22. The molecular weight excluding hydrogens is 376 g/mol. The summed E-state index contributed by atoms with van der Waals surface area (Å²) >= 11 is 0. The Morgan fingerprint density at radius 3 is 2.41 bits per heavy atom. The van der Waals surface area contributed by atoms with E-state index in [9.17, 15) is 29.4 Å². The number of carbonyl (C=O) groups excluding carboxylic acids is 4. The van der Waals surface area contributed by atoms with Crippen molar-refractivity contribution in [3.05, 3.63) is 57.6 Å². The molecule has 0 amide bonds. The third-order valence-electron chi connectivity index (χ3n) is 4.97. The number of ketones is 3. The van der Waals surface area contributed by atoms with Gasteiger partial charge in [-0.2, -0.15) is 0 Å². The number of esters is 1. The van der Waals surface area contributed by atoms with Crippen molar-refractivity contribution in [2.75, 3.05) is 7.11 Å². The molecule has 3 rings (SSSR count). The van der Waals surface area contributed by atoms with E-state index in [0.29, 0.717) is 6.42 Å². The van der Waals surface area contributed by atoms with E-state index in [4.69, 9.17) is 0 Å². The molecule has 0 spiro atoms. The Morgan fingerprint density at radius 1 is 1.03 bits per heavy atom. The van der Waals surface area contributed by atoms with Crippen molar-refractivity contribution in [3.8, 4) is 11.5 Å². The number of aromatic hydroxyl groups is 2. The fourth-order valence-corrected chi connectivity index (χ4v) is 3.51. The second-order valence-electron chi connectivity index (χ2n) is 6.82. The summed E-state index contributed by atoms with van der Waals surface area (Å²) in [6, 6.07) is 5.39. The largest absolute Gasteiger partial charge is 0.507 e. The smallest absolute Gasteiger partial charge is 0.310 e. The fraction of sp³-hybridized carbons (Fsp3) is 0.273. The highest BCUT2D eigenvalue weighted by Gasteiger charge is 2.37. The summed E-state index contributed by atoms with van der Waals surface area (Å²) in [7, 11) is 1.19. The van der Waals surface area contributed by atoms with Gasteiger partial charge in [0.15, 0.2) is 11.6 Å². The number of unbranched alkanes of at least 4 members (excludes halogenated alkanes) is 1. The van der Waals surface area contributed by atoms with Gasteiger partial charge in [-0.3, -0.25) is 19.2 Å². The van der Waals surface area contributed by atoms with Crippen molar-refractivity contribution in [2.24, 2.45) is 0 Å². The average Bonchev–Trinajstić information content (AvgIpc) is 2.69. The number of carbonyl (C=O) groups is 4. The third kappa shape index (κ3) is 3.40. The summed E-state index contributed by atoms with van der Waals surface area (Å²) in [6.07, 6.45) is 1.08. The van der Waals surface area contributed by atoms with E-state index >= 15 is 0 Å². The van der Waals surface area contributed by atoms with Crippen molar-refractivity contribution in [3.63, 3.8) is 0 Å². The maximum atomic E-state index is 13.0. The molecular formula is C22H20O7. The Bertz CT molecular complexity index is 1050. The van der Waals surface area contributed by atoms with E-state index in [1.54, 1.807) is 0 Å². The summed E-state index contributed by atoms with van der Waals surface area (Å²) in [5.74, 6) is -3.45. The highest BCUT2D eigenvalue weighted by atomic mass is 16.5. The summed E-state index contributed by atoms with van der Waals surface area (Å²) in [6.45, 7) is 1.90. The first-order chi connectivity index (χ1) is 13.8. The third-order valence-corrected chi connectivity index (χ3v) is 4.97. The SMILES string of the molecule is CCCCC(=O)c1c(CC(=O)OC)cc2c(c1O)C(=O)c1c(O)cccc1C2=O. The summed E-state index contributed by atoms with van der Waals surface area (Å²) in [4.78, 5) is 50.5. The van der Waals surface area contributed by atoms with Crippen LogP contribution in [-0.4, -0.2) is 40.6 Å². The maximum Gasteiger partial charge on any atom is 0.310 e. The van der Waals surface area contributed by atoms with E-state index in [1.807, 2.05) is 6.92 Å². The van der Waals surface area contributed by atoms with Crippen molar-refractivity contribution in [1.82, 2.24) is 0 Å². The normalized spacial score (nSPS) is 12.3. The van der Waals surface area contributed by atoms with Crippen molar-refractivity contribution in [1.29, 1.82) is 0 Å². The van der Waals surface area contributed by atoms with Gasteiger partial charge in [0.25, 0.3) is 0 Å². The predicted octanol–water partition coefficient (Wildman–Crippen LogP) is 2.96. The van der Waals surface area contributed by atoms with Crippen LogP contribution in [0.3, 0.4) is 0 Å². The summed E-state index contributed by atoms with van der Waals surface area (Å²) in [5, 5.41) is 20.9. The number of hydrogen-bond donors (Lipinski definition) is 2. The number of phenolic OH excluding ortho intramolecular Hbond substituents is 2. The Hall–Kier alpha value is -3.48. The molecule has 0 heterocycles.